The zero-order chi connectivity index (χ0) is 17.2. The molecule has 0 amide bonds. The second kappa shape index (κ2) is 6.75. The summed E-state index contributed by atoms with van der Waals surface area (Å²) in [4.78, 5) is 26.6. The Morgan fingerprint density at radius 2 is 2.00 bits per heavy atom. The molecule has 0 unspecified atom stereocenters. The van der Waals surface area contributed by atoms with Gasteiger partial charge >= 0.3 is 18.1 Å². The summed E-state index contributed by atoms with van der Waals surface area (Å²) in [5.74, 6) is -1.49. The minimum Gasteiger partial charge on any atom is -0.468 e. The van der Waals surface area contributed by atoms with Crippen molar-refractivity contribution in [2.24, 2.45) is 0 Å². The molecule has 0 N–H and O–H groups in total. The van der Waals surface area contributed by atoms with Gasteiger partial charge in [-0.25, -0.2) is 9.78 Å². The summed E-state index contributed by atoms with van der Waals surface area (Å²) >= 11 is 1.82. The number of thiophene rings is 1. The van der Waals surface area contributed by atoms with Crippen LogP contribution in [-0.2, 0) is 20.4 Å². The maximum absolute atomic E-state index is 13.0. The van der Waals surface area contributed by atoms with E-state index >= 15 is 0 Å². The summed E-state index contributed by atoms with van der Waals surface area (Å²) < 4.78 is 48.0. The number of methoxy groups -OCH3 is 2. The maximum atomic E-state index is 13.0. The average Bonchev–Trinajstić information content (AvgIpc) is 2.94. The van der Waals surface area contributed by atoms with E-state index in [2.05, 4.69) is 14.5 Å². The topological polar surface area (TPSA) is 65.5 Å². The van der Waals surface area contributed by atoms with Crippen LogP contribution in [0.2, 0.25) is 0 Å². The quantitative estimate of drug-likeness (QED) is 0.611. The molecule has 0 aliphatic carbocycles. The highest BCUT2D eigenvalue weighted by atomic mass is 32.2. The van der Waals surface area contributed by atoms with Crippen LogP contribution in [0.25, 0.3) is 10.9 Å². The van der Waals surface area contributed by atoms with E-state index in [4.69, 9.17) is 0 Å². The van der Waals surface area contributed by atoms with E-state index in [1.165, 1.54) is 12.5 Å². The molecule has 2 rings (SSSR count). The molecule has 2 heterocycles. The number of esters is 2. The molecule has 10 heteroatoms. The minimum absolute atomic E-state index is 0.0199. The summed E-state index contributed by atoms with van der Waals surface area (Å²) in [5, 5.41) is 1.87. The smallest absolute Gasteiger partial charge is 0.433 e. The monoisotopic (exact) mass is 365 g/mol. The highest BCUT2D eigenvalue weighted by Crippen LogP contribution is 2.38. The Balaban J connectivity index is 2.57. The largest absolute Gasteiger partial charge is 0.468 e. The fraction of sp³-hybridized carbons (Fsp3) is 0.308. The Kier molecular flexibility index (Phi) is 5.15. The van der Waals surface area contributed by atoms with E-state index in [9.17, 15) is 22.8 Å². The lowest BCUT2D eigenvalue weighted by Gasteiger charge is -2.09. The molecule has 5 nitrogen and oxygen atoms in total. The molecule has 0 aromatic carbocycles. The number of ether oxygens (including phenoxy) is 2. The number of nitrogens with zero attached hydrogens (tertiary/aromatic N) is 1. The van der Waals surface area contributed by atoms with Gasteiger partial charge in [-0.15, -0.1) is 23.1 Å². The first-order valence-electron chi connectivity index (χ1n) is 6.05. The third-order valence-electron chi connectivity index (χ3n) is 2.76. The van der Waals surface area contributed by atoms with Crippen LogP contribution in [0.5, 0.6) is 0 Å². The Labute approximate surface area is 136 Å². The van der Waals surface area contributed by atoms with Gasteiger partial charge in [-0.2, -0.15) is 13.2 Å². The van der Waals surface area contributed by atoms with Crippen LogP contribution in [0.1, 0.15) is 15.4 Å². The molecule has 0 aliphatic heterocycles. The molecule has 0 bridgehead atoms. The van der Waals surface area contributed by atoms with Crippen LogP contribution in [0.3, 0.4) is 0 Å². The number of halogens is 3. The van der Waals surface area contributed by atoms with Crippen molar-refractivity contribution in [1.82, 2.24) is 4.98 Å². The van der Waals surface area contributed by atoms with Crippen molar-refractivity contribution in [2.75, 3.05) is 20.0 Å². The lowest BCUT2D eigenvalue weighted by Crippen LogP contribution is -2.10. The highest BCUT2D eigenvalue weighted by Gasteiger charge is 2.34. The summed E-state index contributed by atoms with van der Waals surface area (Å²) in [7, 11) is 2.32. The molecule has 0 saturated heterocycles. The van der Waals surface area contributed by atoms with E-state index < -0.39 is 23.8 Å². The summed E-state index contributed by atoms with van der Waals surface area (Å²) in [5.41, 5.74) is -1.23. The van der Waals surface area contributed by atoms with Crippen molar-refractivity contribution in [3.8, 4) is 0 Å². The number of fused-ring (bicyclic) bond motifs is 1. The molecule has 0 spiro atoms. The van der Waals surface area contributed by atoms with Gasteiger partial charge in [-0.3, -0.25) is 4.79 Å². The van der Waals surface area contributed by atoms with Crippen LogP contribution in [-0.4, -0.2) is 36.9 Å². The van der Waals surface area contributed by atoms with Gasteiger partial charge in [-0.1, -0.05) is 0 Å². The number of pyridine rings is 1. The summed E-state index contributed by atoms with van der Waals surface area (Å²) in [6.45, 7) is 0. The number of rotatable bonds is 4. The van der Waals surface area contributed by atoms with Gasteiger partial charge in [0.2, 0.25) is 0 Å². The first-order valence-corrected chi connectivity index (χ1v) is 7.91. The number of hydrogen-bond donors (Lipinski definition) is 0. The lowest BCUT2D eigenvalue weighted by molar-refractivity contribution is -0.141. The Bertz CT molecular complexity index is 757. The molecule has 124 valence electrons. The number of alkyl halides is 3. The van der Waals surface area contributed by atoms with Crippen molar-refractivity contribution in [2.45, 2.75) is 11.1 Å². The van der Waals surface area contributed by atoms with E-state index in [0.717, 1.165) is 36.3 Å². The molecule has 2 aromatic rings. The van der Waals surface area contributed by atoms with Gasteiger partial charge in [0.25, 0.3) is 0 Å². The molecule has 0 aliphatic rings. The highest BCUT2D eigenvalue weighted by molar-refractivity contribution is 8.00. The summed E-state index contributed by atoms with van der Waals surface area (Å²) in [6.07, 6.45) is -4.68. The normalized spacial score (nSPS) is 11.5. The maximum Gasteiger partial charge on any atom is 0.433 e. The number of aromatic nitrogens is 1. The third-order valence-corrected chi connectivity index (χ3v) is 4.74. The van der Waals surface area contributed by atoms with Gasteiger partial charge in [0, 0.05) is 15.7 Å². The van der Waals surface area contributed by atoms with Gasteiger partial charge in [-0.05, 0) is 6.07 Å². The predicted molar refractivity (Wildman–Crippen MR) is 78.7 cm³/mol. The van der Waals surface area contributed by atoms with Crippen LogP contribution in [0, 0.1) is 0 Å². The van der Waals surface area contributed by atoms with Crippen molar-refractivity contribution in [3.05, 3.63) is 22.0 Å². The lowest BCUT2D eigenvalue weighted by atomic mass is 10.2. The van der Waals surface area contributed by atoms with Crippen LogP contribution in [0.15, 0.2) is 16.3 Å². The fourth-order valence-corrected chi connectivity index (χ4v) is 3.58. The average molecular weight is 365 g/mol. The van der Waals surface area contributed by atoms with Crippen LogP contribution >= 0.6 is 23.1 Å². The zero-order valence-corrected chi connectivity index (χ0v) is 13.5. The Hall–Kier alpha value is -1.81. The third kappa shape index (κ3) is 3.75. The zero-order valence-electron chi connectivity index (χ0n) is 11.9. The molecule has 0 radical (unpaired) electrons. The molecule has 0 fully saturated rings. The molecule has 0 atom stereocenters. The number of thioether (sulfide) groups is 1. The molecule has 2 aromatic heterocycles. The first kappa shape index (κ1) is 17.5. The minimum atomic E-state index is -4.68. The summed E-state index contributed by atoms with van der Waals surface area (Å²) in [6, 6.07) is 0.851. The predicted octanol–water partition coefficient (Wildman–Crippen LogP) is 3.37. The van der Waals surface area contributed by atoms with E-state index in [1.54, 1.807) is 0 Å². The van der Waals surface area contributed by atoms with Gasteiger partial charge < -0.3 is 9.47 Å². The van der Waals surface area contributed by atoms with E-state index in [0.29, 0.717) is 5.39 Å². The second-order valence-electron chi connectivity index (χ2n) is 4.19. The fourth-order valence-electron chi connectivity index (χ4n) is 1.69. The standard InChI is InChI=1S/C13H10F3NO4S2/c1-20-9(18)5-22-7-3-8(13(14,15)16)17-10-6(7)4-23-11(10)12(19)21-2/h3-4H,5H2,1-2H3. The molecule has 23 heavy (non-hydrogen) atoms. The van der Waals surface area contributed by atoms with Crippen LogP contribution < -0.4 is 0 Å². The number of carbonyl (C=O) groups excluding carboxylic acids is 2. The van der Waals surface area contributed by atoms with Gasteiger partial charge in [0.1, 0.15) is 10.6 Å². The SMILES string of the molecule is COC(=O)CSc1cc(C(F)(F)F)nc2c(C(=O)OC)scc12. The van der Waals surface area contributed by atoms with Crippen LogP contribution in [0.4, 0.5) is 13.2 Å². The van der Waals surface area contributed by atoms with Gasteiger partial charge in [0.05, 0.1) is 25.5 Å². The van der Waals surface area contributed by atoms with E-state index in [1.807, 2.05) is 0 Å². The number of hydrogen-bond acceptors (Lipinski definition) is 7. The van der Waals surface area contributed by atoms with Crippen molar-refractivity contribution < 1.29 is 32.2 Å². The van der Waals surface area contributed by atoms with Gasteiger partial charge in [0.15, 0.2) is 0 Å². The Morgan fingerprint density at radius 3 is 2.57 bits per heavy atom. The first-order chi connectivity index (χ1) is 10.8. The second-order valence-corrected chi connectivity index (χ2v) is 6.08. The number of carbonyl (C=O) groups is 2. The Morgan fingerprint density at radius 1 is 1.30 bits per heavy atom. The molecule has 0 saturated carbocycles. The van der Waals surface area contributed by atoms with E-state index in [-0.39, 0.29) is 21.0 Å². The van der Waals surface area contributed by atoms with Crippen molar-refractivity contribution in [1.29, 1.82) is 0 Å². The molecular weight excluding hydrogens is 355 g/mol. The van der Waals surface area contributed by atoms with Crippen molar-refractivity contribution >= 4 is 45.9 Å². The molecular formula is C13H10F3NO4S2. The van der Waals surface area contributed by atoms with Crippen molar-refractivity contribution in [3.63, 3.8) is 0 Å².